The molecule has 0 radical (unpaired) electrons. The third-order valence-corrected chi connectivity index (χ3v) is 2.94. The summed E-state index contributed by atoms with van der Waals surface area (Å²) in [5.74, 6) is 0.174. The van der Waals surface area contributed by atoms with Crippen molar-refractivity contribution >= 4 is 5.97 Å². The van der Waals surface area contributed by atoms with E-state index in [-0.39, 0.29) is 24.1 Å². The molecule has 0 aliphatic rings. The maximum Gasteiger partial charge on any atom is 0.339 e. The highest BCUT2D eigenvalue weighted by atomic mass is 16.4. The molecule has 96 valence electrons. The zero-order chi connectivity index (χ0) is 13.0. The number of carboxylic acids is 1. The lowest BCUT2D eigenvalue weighted by molar-refractivity contribution is 0.0695. The van der Waals surface area contributed by atoms with Gasteiger partial charge in [0.25, 0.3) is 0 Å². The van der Waals surface area contributed by atoms with Crippen LogP contribution in [0.3, 0.4) is 0 Å². The van der Waals surface area contributed by atoms with Crippen LogP contribution in [0.4, 0.5) is 0 Å². The fourth-order valence-corrected chi connectivity index (χ4v) is 1.46. The van der Waals surface area contributed by atoms with Crippen LogP contribution in [0.1, 0.15) is 35.7 Å². The Bertz CT molecular complexity index is 386. The van der Waals surface area contributed by atoms with Gasteiger partial charge in [0.05, 0.1) is 6.54 Å². The summed E-state index contributed by atoms with van der Waals surface area (Å²) in [5.41, 5.74) is 0.199. The highest BCUT2D eigenvalue weighted by Gasteiger charge is 2.15. The van der Waals surface area contributed by atoms with Crippen molar-refractivity contribution in [1.29, 1.82) is 0 Å². The molecule has 17 heavy (non-hydrogen) atoms. The van der Waals surface area contributed by atoms with Gasteiger partial charge < -0.3 is 19.9 Å². The summed E-state index contributed by atoms with van der Waals surface area (Å²) in [4.78, 5) is 10.8. The van der Waals surface area contributed by atoms with Crippen LogP contribution >= 0.6 is 0 Å². The fourth-order valence-electron chi connectivity index (χ4n) is 1.46. The van der Waals surface area contributed by atoms with Crippen molar-refractivity contribution in [3.8, 4) is 0 Å². The number of aromatic carboxylic acids is 1. The van der Waals surface area contributed by atoms with E-state index in [4.69, 9.17) is 14.6 Å². The number of furan rings is 1. The molecule has 5 heteroatoms. The monoisotopic (exact) mass is 241 g/mol. The van der Waals surface area contributed by atoms with E-state index in [9.17, 15) is 4.79 Å². The second kappa shape index (κ2) is 5.84. The van der Waals surface area contributed by atoms with Gasteiger partial charge in [-0.05, 0) is 25.8 Å². The van der Waals surface area contributed by atoms with Crippen LogP contribution in [0.2, 0.25) is 0 Å². The predicted molar refractivity (Wildman–Crippen MR) is 63.0 cm³/mol. The van der Waals surface area contributed by atoms with Gasteiger partial charge in [-0.25, -0.2) is 4.79 Å². The standard InChI is InChI=1S/C12H19NO4/c1-7(6-14)8(2)13-5-10-4-11(12(15)16)9(3)17-10/h4,7-8,13-14H,5-6H2,1-3H3,(H,15,16). The number of hydrogen-bond acceptors (Lipinski definition) is 4. The van der Waals surface area contributed by atoms with Crippen molar-refractivity contribution in [3.63, 3.8) is 0 Å². The minimum atomic E-state index is -0.978. The maximum atomic E-state index is 10.8. The molecule has 0 saturated carbocycles. The molecular weight excluding hydrogens is 222 g/mol. The van der Waals surface area contributed by atoms with Gasteiger partial charge in [0.2, 0.25) is 0 Å². The molecule has 1 aromatic heterocycles. The average molecular weight is 241 g/mol. The molecule has 0 aliphatic carbocycles. The van der Waals surface area contributed by atoms with Gasteiger partial charge in [-0.3, -0.25) is 0 Å². The van der Waals surface area contributed by atoms with Crippen LogP contribution in [-0.2, 0) is 6.54 Å². The molecule has 5 nitrogen and oxygen atoms in total. The Balaban J connectivity index is 2.58. The van der Waals surface area contributed by atoms with E-state index < -0.39 is 5.97 Å². The van der Waals surface area contributed by atoms with Crippen LogP contribution in [0.5, 0.6) is 0 Å². The van der Waals surface area contributed by atoms with E-state index >= 15 is 0 Å². The zero-order valence-corrected chi connectivity index (χ0v) is 10.4. The Morgan fingerprint density at radius 1 is 1.53 bits per heavy atom. The molecule has 0 amide bonds. The summed E-state index contributed by atoms with van der Waals surface area (Å²) >= 11 is 0. The number of aryl methyl sites for hydroxylation is 1. The summed E-state index contributed by atoms with van der Waals surface area (Å²) in [7, 11) is 0. The van der Waals surface area contributed by atoms with Crippen molar-refractivity contribution < 1.29 is 19.4 Å². The van der Waals surface area contributed by atoms with Gasteiger partial charge >= 0.3 is 5.97 Å². The summed E-state index contributed by atoms with van der Waals surface area (Å²) in [6, 6.07) is 1.67. The maximum absolute atomic E-state index is 10.8. The molecule has 0 spiro atoms. The number of rotatable bonds is 6. The van der Waals surface area contributed by atoms with Crippen LogP contribution in [0.25, 0.3) is 0 Å². The third-order valence-electron chi connectivity index (χ3n) is 2.94. The highest BCUT2D eigenvalue weighted by Crippen LogP contribution is 2.15. The van der Waals surface area contributed by atoms with Crippen molar-refractivity contribution in [2.45, 2.75) is 33.4 Å². The van der Waals surface area contributed by atoms with E-state index in [1.54, 1.807) is 6.92 Å². The lowest BCUT2D eigenvalue weighted by atomic mass is 10.1. The van der Waals surface area contributed by atoms with Gasteiger partial charge in [-0.2, -0.15) is 0 Å². The second-order valence-electron chi connectivity index (χ2n) is 4.32. The normalized spacial score (nSPS) is 14.6. The lowest BCUT2D eigenvalue weighted by Gasteiger charge is -2.18. The Hall–Kier alpha value is -1.33. The summed E-state index contributed by atoms with van der Waals surface area (Å²) in [5, 5.41) is 21.0. The van der Waals surface area contributed by atoms with Crippen molar-refractivity contribution in [3.05, 3.63) is 23.2 Å². The minimum absolute atomic E-state index is 0.117. The van der Waals surface area contributed by atoms with Crippen molar-refractivity contribution in [2.24, 2.45) is 5.92 Å². The zero-order valence-electron chi connectivity index (χ0n) is 10.4. The SMILES string of the molecule is Cc1oc(CNC(C)C(C)CO)cc1C(=O)O. The molecule has 0 saturated heterocycles. The van der Waals surface area contributed by atoms with Crippen LogP contribution in [0.15, 0.2) is 10.5 Å². The average Bonchev–Trinajstić information content (AvgIpc) is 2.66. The Morgan fingerprint density at radius 2 is 2.18 bits per heavy atom. The van der Waals surface area contributed by atoms with E-state index in [1.807, 2.05) is 13.8 Å². The van der Waals surface area contributed by atoms with Gasteiger partial charge in [-0.1, -0.05) is 6.92 Å². The van der Waals surface area contributed by atoms with Crippen molar-refractivity contribution in [1.82, 2.24) is 5.32 Å². The van der Waals surface area contributed by atoms with E-state index in [2.05, 4.69) is 5.32 Å². The van der Waals surface area contributed by atoms with Crippen LogP contribution < -0.4 is 5.32 Å². The van der Waals surface area contributed by atoms with Gasteiger partial charge in [-0.15, -0.1) is 0 Å². The van der Waals surface area contributed by atoms with E-state index in [0.29, 0.717) is 18.1 Å². The number of nitrogens with one attached hydrogen (secondary N) is 1. The minimum Gasteiger partial charge on any atom is -0.478 e. The second-order valence-corrected chi connectivity index (χ2v) is 4.32. The number of aliphatic hydroxyl groups is 1. The topological polar surface area (TPSA) is 82.7 Å². The first-order valence-corrected chi connectivity index (χ1v) is 5.62. The molecule has 1 heterocycles. The molecule has 1 aromatic rings. The molecule has 2 unspecified atom stereocenters. The Labute approximate surface area is 100 Å². The Kier molecular flexibility index (Phi) is 4.72. The molecule has 0 aliphatic heterocycles. The van der Waals surface area contributed by atoms with E-state index in [0.717, 1.165) is 0 Å². The number of carbonyl (C=O) groups is 1. The summed E-state index contributed by atoms with van der Waals surface area (Å²) in [6.45, 7) is 6.11. The number of hydrogen-bond donors (Lipinski definition) is 3. The van der Waals surface area contributed by atoms with Gasteiger partial charge in [0.15, 0.2) is 0 Å². The molecule has 0 bridgehead atoms. The third kappa shape index (κ3) is 3.57. The first-order chi connectivity index (χ1) is 7.95. The molecule has 0 aromatic carbocycles. The fraction of sp³-hybridized carbons (Fsp3) is 0.583. The molecule has 0 fully saturated rings. The van der Waals surface area contributed by atoms with Gasteiger partial charge in [0, 0.05) is 12.6 Å². The predicted octanol–water partition coefficient (Wildman–Crippen LogP) is 1.39. The molecule has 1 rings (SSSR count). The molecule has 3 N–H and O–H groups in total. The first kappa shape index (κ1) is 13.7. The smallest absolute Gasteiger partial charge is 0.339 e. The first-order valence-electron chi connectivity index (χ1n) is 5.62. The molecular formula is C12H19NO4. The summed E-state index contributed by atoms with van der Waals surface area (Å²) in [6.07, 6.45) is 0. The number of carboxylic acid groups (broad SMARTS) is 1. The largest absolute Gasteiger partial charge is 0.478 e. The lowest BCUT2D eigenvalue weighted by Crippen LogP contribution is -2.33. The Morgan fingerprint density at radius 3 is 2.65 bits per heavy atom. The summed E-state index contributed by atoms with van der Waals surface area (Å²) < 4.78 is 5.33. The van der Waals surface area contributed by atoms with Gasteiger partial charge in [0.1, 0.15) is 17.1 Å². The van der Waals surface area contributed by atoms with Crippen LogP contribution in [-0.4, -0.2) is 28.8 Å². The van der Waals surface area contributed by atoms with Crippen molar-refractivity contribution in [2.75, 3.05) is 6.61 Å². The van der Waals surface area contributed by atoms with E-state index in [1.165, 1.54) is 6.07 Å². The number of aliphatic hydroxyl groups excluding tert-OH is 1. The highest BCUT2D eigenvalue weighted by molar-refractivity contribution is 5.88. The van der Waals surface area contributed by atoms with Crippen LogP contribution in [0, 0.1) is 12.8 Å². The quantitative estimate of drug-likeness (QED) is 0.701. The molecule has 2 atom stereocenters.